The number of aryl methyl sites for hydroxylation is 1. The first-order valence-electron chi connectivity index (χ1n) is 9.61. The minimum atomic E-state index is -3.59. The summed E-state index contributed by atoms with van der Waals surface area (Å²) in [5, 5.41) is 2.58. The van der Waals surface area contributed by atoms with Crippen molar-refractivity contribution in [2.24, 2.45) is 0 Å². The summed E-state index contributed by atoms with van der Waals surface area (Å²) in [6.45, 7) is 7.75. The van der Waals surface area contributed by atoms with Crippen molar-refractivity contribution >= 4 is 21.9 Å². The van der Waals surface area contributed by atoms with Crippen molar-refractivity contribution in [2.45, 2.75) is 57.1 Å². The molecule has 1 N–H and O–H groups in total. The topological polar surface area (TPSA) is 88.6 Å². The van der Waals surface area contributed by atoms with Crippen molar-refractivity contribution < 1.29 is 17.9 Å². The number of sulfonamides is 1. The van der Waals surface area contributed by atoms with Gasteiger partial charge in [0.1, 0.15) is 11.4 Å². The molecular weight excluding hydrogens is 390 g/mol. The molecule has 0 unspecified atom stereocenters. The molecule has 1 aliphatic rings. The monoisotopic (exact) mass is 417 g/mol. The molecule has 0 saturated carbocycles. The minimum absolute atomic E-state index is 0.274. The second-order valence-electron chi connectivity index (χ2n) is 8.19. The first-order valence-corrected chi connectivity index (χ1v) is 11.0. The summed E-state index contributed by atoms with van der Waals surface area (Å²) < 4.78 is 33.0. The third-order valence-corrected chi connectivity index (χ3v) is 6.55. The number of hydrogen-bond donors (Lipinski definition) is 1. The number of benzene rings is 1. The van der Waals surface area contributed by atoms with E-state index in [1.807, 2.05) is 6.92 Å². The molecule has 156 valence electrons. The zero-order valence-corrected chi connectivity index (χ0v) is 18.0. The largest absolute Gasteiger partial charge is 0.444 e. The SMILES string of the molecule is Cc1ccc(S(=O)(=O)N2CCC[C@H]2c2ccc(NC(=O)OC(C)(C)C)nc2)cc1. The highest BCUT2D eigenvalue weighted by molar-refractivity contribution is 7.89. The fraction of sp³-hybridized carbons (Fsp3) is 0.429. The number of pyridine rings is 1. The van der Waals surface area contributed by atoms with Crippen LogP contribution in [0.3, 0.4) is 0 Å². The number of ether oxygens (including phenoxy) is 1. The Morgan fingerprint density at radius 2 is 1.86 bits per heavy atom. The Balaban J connectivity index is 1.76. The second-order valence-corrected chi connectivity index (χ2v) is 10.1. The Morgan fingerprint density at radius 3 is 2.45 bits per heavy atom. The predicted molar refractivity (Wildman–Crippen MR) is 111 cm³/mol. The quantitative estimate of drug-likeness (QED) is 0.803. The molecule has 2 aromatic rings. The van der Waals surface area contributed by atoms with Crippen molar-refractivity contribution in [3.63, 3.8) is 0 Å². The first kappa shape index (κ1) is 21.3. The zero-order valence-electron chi connectivity index (χ0n) is 17.2. The van der Waals surface area contributed by atoms with Gasteiger partial charge in [-0.15, -0.1) is 0 Å². The summed E-state index contributed by atoms with van der Waals surface area (Å²) in [5.41, 5.74) is 1.21. The van der Waals surface area contributed by atoms with Crippen molar-refractivity contribution in [1.29, 1.82) is 0 Å². The minimum Gasteiger partial charge on any atom is -0.444 e. The van der Waals surface area contributed by atoms with Gasteiger partial charge in [0, 0.05) is 12.7 Å². The van der Waals surface area contributed by atoms with E-state index in [-0.39, 0.29) is 6.04 Å². The summed E-state index contributed by atoms with van der Waals surface area (Å²) in [6, 6.07) is 10.1. The number of aromatic nitrogens is 1. The van der Waals surface area contributed by atoms with Crippen molar-refractivity contribution in [1.82, 2.24) is 9.29 Å². The van der Waals surface area contributed by atoms with Gasteiger partial charge in [0.2, 0.25) is 10.0 Å². The Hall–Kier alpha value is -2.45. The van der Waals surface area contributed by atoms with Crippen molar-refractivity contribution in [3.05, 3.63) is 53.7 Å². The number of amides is 1. The van der Waals surface area contributed by atoms with E-state index in [2.05, 4.69) is 10.3 Å². The van der Waals surface area contributed by atoms with Gasteiger partial charge in [-0.3, -0.25) is 5.32 Å². The number of nitrogens with one attached hydrogen (secondary N) is 1. The fourth-order valence-electron chi connectivity index (χ4n) is 3.29. The van der Waals surface area contributed by atoms with E-state index >= 15 is 0 Å². The van der Waals surface area contributed by atoms with Crippen LogP contribution in [-0.2, 0) is 14.8 Å². The highest BCUT2D eigenvalue weighted by Gasteiger charge is 2.36. The van der Waals surface area contributed by atoms with Crippen LogP contribution in [0, 0.1) is 6.92 Å². The fourth-order valence-corrected chi connectivity index (χ4v) is 4.97. The van der Waals surface area contributed by atoms with Gasteiger partial charge in [-0.1, -0.05) is 23.8 Å². The van der Waals surface area contributed by atoms with Crippen LogP contribution < -0.4 is 5.32 Å². The van der Waals surface area contributed by atoms with Gasteiger partial charge >= 0.3 is 6.09 Å². The van der Waals surface area contributed by atoms with E-state index in [0.717, 1.165) is 24.0 Å². The maximum atomic E-state index is 13.1. The molecule has 0 spiro atoms. The lowest BCUT2D eigenvalue weighted by atomic mass is 10.1. The number of hydrogen-bond acceptors (Lipinski definition) is 5. The van der Waals surface area contributed by atoms with Crippen LogP contribution in [0.15, 0.2) is 47.5 Å². The number of carbonyl (C=O) groups is 1. The molecule has 3 rings (SSSR count). The molecule has 8 heteroatoms. The summed E-state index contributed by atoms with van der Waals surface area (Å²) in [5.74, 6) is 0.355. The van der Waals surface area contributed by atoms with E-state index in [0.29, 0.717) is 17.3 Å². The second kappa shape index (κ2) is 8.12. The molecule has 29 heavy (non-hydrogen) atoms. The summed E-state index contributed by atoms with van der Waals surface area (Å²) in [4.78, 5) is 16.4. The summed E-state index contributed by atoms with van der Waals surface area (Å²) >= 11 is 0. The van der Waals surface area contributed by atoms with Gasteiger partial charge in [-0.25, -0.2) is 18.2 Å². The van der Waals surface area contributed by atoms with Crippen LogP contribution in [0.4, 0.5) is 10.6 Å². The van der Waals surface area contributed by atoms with Crippen molar-refractivity contribution in [3.8, 4) is 0 Å². The summed E-state index contributed by atoms with van der Waals surface area (Å²) in [6.07, 6.45) is 2.54. The van der Waals surface area contributed by atoms with Crippen LogP contribution >= 0.6 is 0 Å². The van der Waals surface area contributed by atoms with Crippen LogP contribution in [0.2, 0.25) is 0 Å². The normalized spacial score (nSPS) is 17.9. The van der Waals surface area contributed by atoms with Crippen molar-refractivity contribution in [2.75, 3.05) is 11.9 Å². The molecule has 0 aliphatic carbocycles. The molecule has 2 heterocycles. The molecule has 1 aliphatic heterocycles. The number of carbonyl (C=O) groups excluding carboxylic acids is 1. The standard InChI is InChI=1S/C21H27N3O4S/c1-15-7-10-17(11-8-15)29(26,27)24-13-5-6-18(24)16-9-12-19(22-14-16)23-20(25)28-21(2,3)4/h7-12,14,18H,5-6,13H2,1-4H3,(H,22,23,25)/t18-/m0/s1. The van der Waals surface area contributed by atoms with Crippen LogP contribution in [0.5, 0.6) is 0 Å². The predicted octanol–water partition coefficient (Wildman–Crippen LogP) is 4.26. The number of anilines is 1. The maximum Gasteiger partial charge on any atom is 0.413 e. The lowest BCUT2D eigenvalue weighted by Crippen LogP contribution is -2.30. The molecule has 0 radical (unpaired) electrons. The smallest absolute Gasteiger partial charge is 0.413 e. The molecule has 1 aromatic carbocycles. The third kappa shape index (κ3) is 5.13. The Labute approximate surface area is 172 Å². The van der Waals surface area contributed by atoms with Gasteiger partial charge in [0.15, 0.2) is 0 Å². The van der Waals surface area contributed by atoms with E-state index in [4.69, 9.17) is 4.74 Å². The molecule has 1 saturated heterocycles. The van der Waals surface area contributed by atoms with E-state index < -0.39 is 21.7 Å². The Bertz CT molecular complexity index is 964. The third-order valence-electron chi connectivity index (χ3n) is 4.63. The van der Waals surface area contributed by atoms with E-state index in [1.165, 1.54) is 4.31 Å². The molecule has 1 atom stereocenters. The molecule has 1 aromatic heterocycles. The Kier molecular flexibility index (Phi) is 5.95. The average Bonchev–Trinajstić information content (AvgIpc) is 3.12. The highest BCUT2D eigenvalue weighted by Crippen LogP contribution is 2.36. The van der Waals surface area contributed by atoms with Crippen LogP contribution in [-0.4, -0.2) is 35.9 Å². The van der Waals surface area contributed by atoms with Gasteiger partial charge < -0.3 is 4.74 Å². The van der Waals surface area contributed by atoms with Crippen LogP contribution in [0.1, 0.15) is 50.8 Å². The Morgan fingerprint density at radius 1 is 1.17 bits per heavy atom. The van der Waals surface area contributed by atoms with Gasteiger partial charge in [-0.2, -0.15) is 4.31 Å². The maximum absolute atomic E-state index is 13.1. The van der Waals surface area contributed by atoms with E-state index in [1.54, 1.807) is 63.4 Å². The average molecular weight is 418 g/mol. The molecular formula is C21H27N3O4S. The lowest BCUT2D eigenvalue weighted by Gasteiger charge is -2.24. The van der Waals surface area contributed by atoms with Gasteiger partial charge in [-0.05, 0) is 64.3 Å². The number of nitrogens with zero attached hydrogens (tertiary/aromatic N) is 2. The lowest BCUT2D eigenvalue weighted by molar-refractivity contribution is 0.0635. The van der Waals surface area contributed by atoms with Crippen LogP contribution in [0.25, 0.3) is 0 Å². The first-order chi connectivity index (χ1) is 13.6. The summed E-state index contributed by atoms with van der Waals surface area (Å²) in [7, 11) is -3.59. The van der Waals surface area contributed by atoms with E-state index in [9.17, 15) is 13.2 Å². The molecule has 0 bridgehead atoms. The molecule has 1 amide bonds. The van der Waals surface area contributed by atoms with Gasteiger partial charge in [0.25, 0.3) is 0 Å². The highest BCUT2D eigenvalue weighted by atomic mass is 32.2. The molecule has 1 fully saturated rings. The van der Waals surface area contributed by atoms with Gasteiger partial charge in [0.05, 0.1) is 10.9 Å². The number of rotatable bonds is 4. The molecule has 7 nitrogen and oxygen atoms in total. The zero-order chi connectivity index (χ0) is 21.2.